The zero-order valence-corrected chi connectivity index (χ0v) is 13.8. The number of aliphatic imine (C=N–C) groups is 2. The largest absolute Gasteiger partial charge is 0.369 e. The van der Waals surface area contributed by atoms with Crippen molar-refractivity contribution in [2.24, 2.45) is 21.5 Å². The van der Waals surface area contributed by atoms with E-state index in [2.05, 4.69) is 4.99 Å². The van der Waals surface area contributed by atoms with E-state index in [1.807, 2.05) is 23.1 Å². The van der Waals surface area contributed by atoms with Crippen molar-refractivity contribution in [1.29, 1.82) is 0 Å². The molecule has 0 radical (unpaired) electrons. The van der Waals surface area contributed by atoms with Crippen LogP contribution in [0.4, 0.5) is 5.69 Å². The number of carbonyl (C=O) groups excluding carboxylic acids is 1. The summed E-state index contributed by atoms with van der Waals surface area (Å²) in [6, 6.07) is 6.01. The third-order valence-corrected chi connectivity index (χ3v) is 5.35. The van der Waals surface area contributed by atoms with Crippen LogP contribution in [0.5, 0.6) is 0 Å². The lowest BCUT2D eigenvalue weighted by Gasteiger charge is -2.46. The molecule has 6 nitrogen and oxygen atoms in total. The molecular weight excluding hydrogens is 302 g/mol. The van der Waals surface area contributed by atoms with Gasteiger partial charge >= 0.3 is 0 Å². The van der Waals surface area contributed by atoms with E-state index in [0.29, 0.717) is 12.4 Å². The molecule has 4 rings (SSSR count). The molecular formula is C18H23N5O. The number of fused-ring (bicyclic) bond motifs is 1. The fourth-order valence-corrected chi connectivity index (χ4v) is 4.34. The predicted octanol–water partition coefficient (Wildman–Crippen LogP) is 2.32. The van der Waals surface area contributed by atoms with Gasteiger partial charge in [-0.1, -0.05) is 18.6 Å². The zero-order valence-electron chi connectivity index (χ0n) is 13.8. The molecule has 1 fully saturated rings. The molecule has 4 N–H and O–H groups in total. The van der Waals surface area contributed by atoms with Gasteiger partial charge in [0.1, 0.15) is 5.66 Å². The third kappa shape index (κ3) is 2.28. The Balaban J connectivity index is 1.88. The molecule has 1 aromatic rings. The van der Waals surface area contributed by atoms with Gasteiger partial charge in [-0.3, -0.25) is 9.69 Å². The fraction of sp³-hybridized carbons (Fsp3) is 0.500. The summed E-state index contributed by atoms with van der Waals surface area (Å²) in [6.45, 7) is 0. The van der Waals surface area contributed by atoms with Gasteiger partial charge in [-0.2, -0.15) is 4.99 Å². The number of benzene rings is 1. The van der Waals surface area contributed by atoms with Crippen LogP contribution in [0.25, 0.3) is 0 Å². The lowest BCUT2D eigenvalue weighted by Crippen LogP contribution is -2.58. The van der Waals surface area contributed by atoms with E-state index in [4.69, 9.17) is 16.5 Å². The van der Waals surface area contributed by atoms with Crippen LogP contribution in [-0.2, 0) is 6.42 Å². The van der Waals surface area contributed by atoms with Crippen molar-refractivity contribution >= 4 is 23.4 Å². The topological polar surface area (TPSA) is 97.1 Å². The lowest BCUT2D eigenvalue weighted by molar-refractivity contribution is 0.0973. The minimum Gasteiger partial charge on any atom is -0.369 e. The first-order valence-corrected chi connectivity index (χ1v) is 8.75. The second-order valence-electron chi connectivity index (χ2n) is 6.91. The van der Waals surface area contributed by atoms with Crippen LogP contribution in [0, 0.1) is 0 Å². The maximum atomic E-state index is 12.6. The maximum absolute atomic E-state index is 12.6. The minimum absolute atomic E-state index is 0.188. The second kappa shape index (κ2) is 5.61. The van der Waals surface area contributed by atoms with Gasteiger partial charge in [-0.05, 0) is 50.2 Å². The van der Waals surface area contributed by atoms with E-state index in [9.17, 15) is 4.79 Å². The van der Waals surface area contributed by atoms with E-state index in [-0.39, 0.29) is 11.7 Å². The fourth-order valence-electron chi connectivity index (χ4n) is 4.34. The molecule has 0 aromatic heterocycles. The van der Waals surface area contributed by atoms with Crippen molar-refractivity contribution in [3.05, 3.63) is 29.3 Å². The Morgan fingerprint density at radius 2 is 1.83 bits per heavy atom. The highest BCUT2D eigenvalue weighted by Crippen LogP contribution is 2.42. The van der Waals surface area contributed by atoms with Gasteiger partial charge in [0.15, 0.2) is 5.78 Å². The molecule has 0 saturated heterocycles. The van der Waals surface area contributed by atoms with Gasteiger partial charge in [-0.15, -0.1) is 0 Å². The van der Waals surface area contributed by atoms with Gasteiger partial charge in [0.2, 0.25) is 11.9 Å². The molecule has 1 spiro atoms. The Hall–Kier alpha value is -2.37. The summed E-state index contributed by atoms with van der Waals surface area (Å²) < 4.78 is 0. The van der Waals surface area contributed by atoms with E-state index in [1.165, 1.54) is 6.42 Å². The molecule has 0 bridgehead atoms. The standard InChI is InChI=1S/C18H23N5O/c19-16-21-17(20)23(18(22-16)10-2-1-3-11-18)13-8-4-6-12-7-5-9-14(24)15(12)13/h4,6,8H,1-3,5,7,9-11H2,(H4,19,20,21,22). The number of guanidine groups is 2. The highest BCUT2D eigenvalue weighted by Gasteiger charge is 2.44. The SMILES string of the molecule is NC1=NC2(CCCCC2)N(c2cccc3c2C(=O)CCC3)C(N)=N1. The molecule has 0 amide bonds. The molecule has 6 heteroatoms. The van der Waals surface area contributed by atoms with Crippen LogP contribution in [-0.4, -0.2) is 23.4 Å². The summed E-state index contributed by atoms with van der Waals surface area (Å²) >= 11 is 0. The first-order chi connectivity index (χ1) is 11.6. The molecule has 1 aliphatic heterocycles. The van der Waals surface area contributed by atoms with Gasteiger partial charge in [0.05, 0.1) is 5.69 Å². The normalized spacial score (nSPS) is 22.8. The lowest BCUT2D eigenvalue weighted by atomic mass is 9.84. The average molecular weight is 325 g/mol. The summed E-state index contributed by atoms with van der Waals surface area (Å²) in [5, 5.41) is 0. The molecule has 1 saturated carbocycles. The smallest absolute Gasteiger partial charge is 0.220 e. The van der Waals surface area contributed by atoms with Crippen LogP contribution < -0.4 is 16.4 Å². The Labute approximate surface area is 141 Å². The summed E-state index contributed by atoms with van der Waals surface area (Å²) in [4.78, 5) is 23.5. The monoisotopic (exact) mass is 325 g/mol. The number of nitrogens with two attached hydrogens (primary N) is 2. The van der Waals surface area contributed by atoms with Crippen LogP contribution in [0.1, 0.15) is 60.9 Å². The van der Waals surface area contributed by atoms with Crippen molar-refractivity contribution in [3.8, 4) is 0 Å². The van der Waals surface area contributed by atoms with E-state index in [0.717, 1.165) is 55.3 Å². The molecule has 0 atom stereocenters. The molecule has 0 unspecified atom stereocenters. The van der Waals surface area contributed by atoms with Crippen LogP contribution in [0.2, 0.25) is 0 Å². The molecule has 2 aliphatic carbocycles. The highest BCUT2D eigenvalue weighted by molar-refractivity contribution is 6.11. The maximum Gasteiger partial charge on any atom is 0.220 e. The highest BCUT2D eigenvalue weighted by atomic mass is 16.1. The molecule has 1 aromatic carbocycles. The van der Waals surface area contributed by atoms with E-state index in [1.54, 1.807) is 0 Å². The van der Waals surface area contributed by atoms with Crippen molar-refractivity contribution in [2.75, 3.05) is 4.90 Å². The van der Waals surface area contributed by atoms with Crippen LogP contribution in [0.3, 0.4) is 0 Å². The molecule has 24 heavy (non-hydrogen) atoms. The van der Waals surface area contributed by atoms with Crippen LogP contribution >= 0.6 is 0 Å². The van der Waals surface area contributed by atoms with Gasteiger partial charge in [0.25, 0.3) is 0 Å². The molecule has 1 heterocycles. The number of hydrogen-bond donors (Lipinski definition) is 2. The number of anilines is 1. The Kier molecular flexibility index (Phi) is 3.55. The van der Waals surface area contributed by atoms with Gasteiger partial charge in [-0.25, -0.2) is 4.99 Å². The van der Waals surface area contributed by atoms with Crippen molar-refractivity contribution in [1.82, 2.24) is 0 Å². The second-order valence-corrected chi connectivity index (χ2v) is 6.91. The van der Waals surface area contributed by atoms with Gasteiger partial charge < -0.3 is 11.5 Å². The third-order valence-electron chi connectivity index (χ3n) is 5.35. The number of hydrogen-bond acceptors (Lipinski definition) is 6. The number of carbonyl (C=O) groups is 1. The van der Waals surface area contributed by atoms with Crippen molar-refractivity contribution < 1.29 is 4.79 Å². The van der Waals surface area contributed by atoms with Crippen molar-refractivity contribution in [3.63, 3.8) is 0 Å². The number of ketones is 1. The van der Waals surface area contributed by atoms with E-state index < -0.39 is 5.66 Å². The molecule has 3 aliphatic rings. The minimum atomic E-state index is -0.499. The first kappa shape index (κ1) is 15.2. The Morgan fingerprint density at radius 1 is 1.04 bits per heavy atom. The summed E-state index contributed by atoms with van der Waals surface area (Å²) in [5.74, 6) is 0.770. The zero-order chi connectivity index (χ0) is 16.7. The number of Topliss-reactive ketones (excluding diaryl/α,β-unsaturated/α-hetero) is 1. The quantitative estimate of drug-likeness (QED) is 0.828. The predicted molar refractivity (Wildman–Crippen MR) is 95.3 cm³/mol. The number of nitrogens with zero attached hydrogens (tertiary/aromatic N) is 3. The molecule has 126 valence electrons. The summed E-state index contributed by atoms with van der Waals surface area (Å²) in [7, 11) is 0. The summed E-state index contributed by atoms with van der Waals surface area (Å²) in [5.41, 5.74) is 14.5. The van der Waals surface area contributed by atoms with Gasteiger partial charge in [0, 0.05) is 12.0 Å². The van der Waals surface area contributed by atoms with Crippen molar-refractivity contribution in [2.45, 2.75) is 57.0 Å². The summed E-state index contributed by atoms with van der Waals surface area (Å²) in [6.07, 6.45) is 7.52. The first-order valence-electron chi connectivity index (χ1n) is 8.75. The Bertz CT molecular complexity index is 746. The Morgan fingerprint density at radius 3 is 2.62 bits per heavy atom. The van der Waals surface area contributed by atoms with E-state index >= 15 is 0 Å². The number of rotatable bonds is 1. The average Bonchev–Trinajstić information content (AvgIpc) is 2.55. The number of aryl methyl sites for hydroxylation is 1. The van der Waals surface area contributed by atoms with Crippen LogP contribution in [0.15, 0.2) is 28.2 Å².